The summed E-state index contributed by atoms with van der Waals surface area (Å²) in [6.45, 7) is 0.888. The van der Waals surface area contributed by atoms with Crippen molar-refractivity contribution in [3.05, 3.63) is 29.8 Å². The summed E-state index contributed by atoms with van der Waals surface area (Å²) in [7, 11) is -0.593. The van der Waals surface area contributed by atoms with E-state index in [9.17, 15) is 13.2 Å². The maximum atomic E-state index is 12.5. The number of hydrogen-bond donors (Lipinski definition) is 0. The molecule has 1 aliphatic heterocycles. The molecule has 0 aromatic heterocycles. The van der Waals surface area contributed by atoms with Crippen molar-refractivity contribution in [1.82, 2.24) is 4.31 Å². The summed E-state index contributed by atoms with van der Waals surface area (Å²) in [4.78, 5) is 11.5. The van der Waals surface area contributed by atoms with Crippen LogP contribution in [0.1, 0.15) is 23.2 Å². The molecule has 1 saturated heterocycles. The number of carbonyl (C=O) groups is 1. The van der Waals surface area contributed by atoms with Gasteiger partial charge in [-0.25, -0.2) is 13.2 Å². The second kappa shape index (κ2) is 6.55. The molecule has 1 fully saturated rings. The molecule has 0 atom stereocenters. The average Bonchev–Trinajstić information content (AvgIpc) is 2.54. The SMILES string of the molecule is COC(=O)c1ccc(S(=O)(=O)N2CCC(OC)CC2)cc1. The fraction of sp³-hybridized carbons (Fsp3) is 0.500. The van der Waals surface area contributed by atoms with Gasteiger partial charge in [0.05, 0.1) is 23.7 Å². The Bertz CT molecular complexity index is 588. The lowest BCUT2D eigenvalue weighted by molar-refractivity contribution is 0.0597. The van der Waals surface area contributed by atoms with Crippen molar-refractivity contribution >= 4 is 16.0 Å². The van der Waals surface area contributed by atoms with Crippen LogP contribution in [0.2, 0.25) is 0 Å². The molecule has 1 aromatic rings. The standard InChI is InChI=1S/C14H19NO5S/c1-19-12-7-9-15(10-8-12)21(17,18)13-5-3-11(4-6-13)14(16)20-2/h3-6,12H,7-10H2,1-2H3. The van der Waals surface area contributed by atoms with Crippen molar-refractivity contribution in [2.75, 3.05) is 27.3 Å². The topological polar surface area (TPSA) is 72.9 Å². The molecule has 116 valence electrons. The van der Waals surface area contributed by atoms with E-state index in [0.29, 0.717) is 31.5 Å². The zero-order chi connectivity index (χ0) is 15.5. The molecule has 2 rings (SSSR count). The van der Waals surface area contributed by atoms with Gasteiger partial charge in [-0.2, -0.15) is 4.31 Å². The van der Waals surface area contributed by atoms with Crippen molar-refractivity contribution < 1.29 is 22.7 Å². The summed E-state index contributed by atoms with van der Waals surface area (Å²) in [5.74, 6) is -0.486. The van der Waals surface area contributed by atoms with Gasteiger partial charge in [-0.05, 0) is 37.1 Å². The van der Waals surface area contributed by atoms with Gasteiger partial charge in [0.1, 0.15) is 0 Å². The first-order valence-electron chi connectivity index (χ1n) is 6.70. The van der Waals surface area contributed by atoms with Gasteiger partial charge in [-0.1, -0.05) is 0 Å². The first kappa shape index (κ1) is 15.9. The molecule has 0 N–H and O–H groups in total. The lowest BCUT2D eigenvalue weighted by atomic mass is 10.1. The van der Waals surface area contributed by atoms with E-state index in [0.717, 1.165) is 0 Å². The molecule has 0 amide bonds. The highest BCUT2D eigenvalue weighted by Gasteiger charge is 2.29. The fourth-order valence-electron chi connectivity index (χ4n) is 2.34. The van der Waals surface area contributed by atoms with E-state index in [1.54, 1.807) is 7.11 Å². The van der Waals surface area contributed by atoms with E-state index >= 15 is 0 Å². The smallest absolute Gasteiger partial charge is 0.337 e. The third kappa shape index (κ3) is 3.42. The van der Waals surface area contributed by atoms with E-state index in [-0.39, 0.29) is 11.0 Å². The van der Waals surface area contributed by atoms with E-state index in [1.165, 1.54) is 35.7 Å². The normalized spacial score (nSPS) is 17.6. The Hall–Kier alpha value is -1.44. The van der Waals surface area contributed by atoms with Gasteiger partial charge in [0.25, 0.3) is 0 Å². The maximum Gasteiger partial charge on any atom is 0.337 e. The first-order chi connectivity index (χ1) is 9.98. The molecule has 1 aliphatic rings. The van der Waals surface area contributed by atoms with Crippen LogP contribution in [0.5, 0.6) is 0 Å². The van der Waals surface area contributed by atoms with Crippen LogP contribution in [0, 0.1) is 0 Å². The number of benzene rings is 1. The number of sulfonamides is 1. The fourth-order valence-corrected chi connectivity index (χ4v) is 3.81. The number of methoxy groups -OCH3 is 2. The summed E-state index contributed by atoms with van der Waals surface area (Å²) in [5, 5.41) is 0. The zero-order valence-electron chi connectivity index (χ0n) is 12.1. The molecule has 0 unspecified atom stereocenters. The second-order valence-electron chi connectivity index (χ2n) is 4.86. The molecule has 0 bridgehead atoms. The van der Waals surface area contributed by atoms with E-state index < -0.39 is 16.0 Å². The van der Waals surface area contributed by atoms with Crippen molar-refractivity contribution in [2.24, 2.45) is 0 Å². The summed E-state index contributed by atoms with van der Waals surface area (Å²) in [5.41, 5.74) is 0.328. The van der Waals surface area contributed by atoms with E-state index in [1.807, 2.05) is 0 Å². The summed E-state index contributed by atoms with van der Waals surface area (Å²) in [6, 6.07) is 5.79. The van der Waals surface area contributed by atoms with Gasteiger partial charge >= 0.3 is 5.97 Å². The summed E-state index contributed by atoms with van der Waals surface area (Å²) < 4.78 is 36.3. The Morgan fingerprint density at radius 3 is 2.19 bits per heavy atom. The second-order valence-corrected chi connectivity index (χ2v) is 6.79. The van der Waals surface area contributed by atoms with Crippen molar-refractivity contribution in [3.8, 4) is 0 Å². The first-order valence-corrected chi connectivity index (χ1v) is 8.14. The maximum absolute atomic E-state index is 12.5. The van der Waals surface area contributed by atoms with Crippen LogP contribution in [0.3, 0.4) is 0 Å². The minimum Gasteiger partial charge on any atom is -0.465 e. The van der Waals surface area contributed by atoms with Gasteiger partial charge < -0.3 is 9.47 Å². The number of nitrogens with zero attached hydrogens (tertiary/aromatic N) is 1. The summed E-state index contributed by atoms with van der Waals surface area (Å²) in [6.07, 6.45) is 1.50. The Kier molecular flexibility index (Phi) is 4.97. The predicted octanol–water partition coefficient (Wildman–Crippen LogP) is 1.27. The Morgan fingerprint density at radius 2 is 1.71 bits per heavy atom. The third-order valence-electron chi connectivity index (χ3n) is 3.65. The van der Waals surface area contributed by atoms with Crippen molar-refractivity contribution in [2.45, 2.75) is 23.8 Å². The molecule has 6 nitrogen and oxygen atoms in total. The third-order valence-corrected chi connectivity index (χ3v) is 5.56. The number of piperidine rings is 1. The molecular formula is C14H19NO5S. The van der Waals surface area contributed by atoms with Crippen molar-refractivity contribution in [1.29, 1.82) is 0 Å². The van der Waals surface area contributed by atoms with Crippen LogP contribution in [0.25, 0.3) is 0 Å². The Balaban J connectivity index is 2.14. The molecule has 21 heavy (non-hydrogen) atoms. The van der Waals surface area contributed by atoms with Gasteiger partial charge in [0.2, 0.25) is 10.0 Å². The number of carbonyl (C=O) groups excluding carboxylic acids is 1. The molecule has 0 saturated carbocycles. The van der Waals surface area contributed by atoms with Crippen LogP contribution in [0.15, 0.2) is 29.2 Å². The quantitative estimate of drug-likeness (QED) is 0.783. The minimum atomic E-state index is -3.52. The largest absolute Gasteiger partial charge is 0.465 e. The van der Waals surface area contributed by atoms with Gasteiger partial charge in [-0.3, -0.25) is 0 Å². The lowest BCUT2D eigenvalue weighted by Crippen LogP contribution is -2.40. The van der Waals surface area contributed by atoms with Crippen LogP contribution in [-0.4, -0.2) is 52.1 Å². The summed E-state index contributed by atoms with van der Waals surface area (Å²) >= 11 is 0. The number of ether oxygens (including phenoxy) is 2. The lowest BCUT2D eigenvalue weighted by Gasteiger charge is -2.30. The average molecular weight is 313 g/mol. The highest BCUT2D eigenvalue weighted by atomic mass is 32.2. The predicted molar refractivity (Wildman–Crippen MR) is 76.6 cm³/mol. The highest BCUT2D eigenvalue weighted by Crippen LogP contribution is 2.22. The van der Waals surface area contributed by atoms with E-state index in [2.05, 4.69) is 4.74 Å². The van der Waals surface area contributed by atoms with Crippen LogP contribution in [-0.2, 0) is 19.5 Å². The Labute approximate surface area is 124 Å². The molecule has 1 aromatic carbocycles. The Morgan fingerprint density at radius 1 is 1.14 bits per heavy atom. The van der Waals surface area contributed by atoms with Gasteiger partial charge in [0, 0.05) is 20.2 Å². The van der Waals surface area contributed by atoms with Crippen LogP contribution in [0.4, 0.5) is 0 Å². The van der Waals surface area contributed by atoms with Gasteiger partial charge in [0.15, 0.2) is 0 Å². The number of hydrogen-bond acceptors (Lipinski definition) is 5. The zero-order valence-corrected chi connectivity index (χ0v) is 12.9. The monoisotopic (exact) mass is 313 g/mol. The molecule has 0 spiro atoms. The van der Waals surface area contributed by atoms with E-state index in [4.69, 9.17) is 4.74 Å². The molecule has 0 radical (unpaired) electrons. The number of esters is 1. The highest BCUT2D eigenvalue weighted by molar-refractivity contribution is 7.89. The molecule has 7 heteroatoms. The van der Waals surface area contributed by atoms with Crippen LogP contribution >= 0.6 is 0 Å². The number of rotatable bonds is 4. The van der Waals surface area contributed by atoms with Gasteiger partial charge in [-0.15, -0.1) is 0 Å². The molecule has 1 heterocycles. The molecule has 0 aliphatic carbocycles. The van der Waals surface area contributed by atoms with Crippen LogP contribution < -0.4 is 0 Å². The minimum absolute atomic E-state index is 0.123. The van der Waals surface area contributed by atoms with Crippen molar-refractivity contribution in [3.63, 3.8) is 0 Å². The molecular weight excluding hydrogens is 294 g/mol.